The third kappa shape index (κ3) is 3.90. The van der Waals surface area contributed by atoms with Crippen molar-refractivity contribution in [2.24, 2.45) is 0 Å². The molecule has 10 heteroatoms. The summed E-state index contributed by atoms with van der Waals surface area (Å²) in [5, 5.41) is 15.2. The number of hydrogen-bond donors (Lipinski definition) is 1. The van der Waals surface area contributed by atoms with Crippen LogP contribution < -0.4 is 0 Å². The zero-order chi connectivity index (χ0) is 23.7. The van der Waals surface area contributed by atoms with Crippen molar-refractivity contribution in [1.82, 2.24) is 39.4 Å². The zero-order valence-electron chi connectivity index (χ0n) is 19.8. The number of aromatic nitrogens is 5. The fourth-order valence-corrected chi connectivity index (χ4v) is 5.39. The molecule has 10 nitrogen and oxygen atoms in total. The Balaban J connectivity index is 1.25. The van der Waals surface area contributed by atoms with Gasteiger partial charge in [0.15, 0.2) is 0 Å². The lowest BCUT2D eigenvalue weighted by molar-refractivity contribution is -0.0144. The Morgan fingerprint density at radius 2 is 2.09 bits per heavy atom. The van der Waals surface area contributed by atoms with Gasteiger partial charge in [-0.05, 0) is 25.3 Å². The van der Waals surface area contributed by atoms with Crippen molar-refractivity contribution in [3.05, 3.63) is 31.0 Å². The Morgan fingerprint density at radius 1 is 1.29 bits per heavy atom. The number of amides is 2. The first-order chi connectivity index (χ1) is 16.5. The highest BCUT2D eigenvalue weighted by Crippen LogP contribution is 2.45. The second-order valence-electron chi connectivity index (χ2n) is 9.48. The molecule has 178 valence electrons. The fraction of sp³-hybridized carbons (Fsp3) is 0.542. The first-order valence-electron chi connectivity index (χ1n) is 12.0. The van der Waals surface area contributed by atoms with Crippen molar-refractivity contribution < 1.29 is 4.79 Å². The maximum atomic E-state index is 12.6. The van der Waals surface area contributed by atoms with Crippen LogP contribution in [0.3, 0.4) is 0 Å². The summed E-state index contributed by atoms with van der Waals surface area (Å²) in [6.07, 6.45) is 10.4. The van der Waals surface area contributed by atoms with E-state index in [-0.39, 0.29) is 11.6 Å². The lowest BCUT2D eigenvalue weighted by Crippen LogP contribution is -2.61. The van der Waals surface area contributed by atoms with Crippen molar-refractivity contribution in [2.75, 3.05) is 39.8 Å². The van der Waals surface area contributed by atoms with E-state index in [1.54, 1.807) is 6.33 Å². The molecule has 1 aliphatic carbocycles. The van der Waals surface area contributed by atoms with Crippen LogP contribution in [-0.4, -0.2) is 91.3 Å². The van der Waals surface area contributed by atoms with Crippen molar-refractivity contribution in [3.8, 4) is 17.3 Å². The summed E-state index contributed by atoms with van der Waals surface area (Å²) < 4.78 is 1.97. The minimum Gasteiger partial charge on any atom is -0.346 e. The van der Waals surface area contributed by atoms with Gasteiger partial charge >= 0.3 is 6.03 Å². The molecule has 0 bridgehead atoms. The molecule has 2 aliphatic rings. The zero-order valence-corrected chi connectivity index (χ0v) is 19.8. The smallest absolute Gasteiger partial charge is 0.319 e. The van der Waals surface area contributed by atoms with Crippen molar-refractivity contribution in [1.29, 1.82) is 5.26 Å². The van der Waals surface area contributed by atoms with Gasteiger partial charge in [0, 0.05) is 69.2 Å². The van der Waals surface area contributed by atoms with Gasteiger partial charge in [0.25, 0.3) is 0 Å². The standard InChI is InChI=1S/C24H31N9O/c1-3-8-30(2)23(34)32-11-9-31(10-12-32)19-13-24(14-19,5-6-25)33-16-18(15-29-33)21-20-4-7-26-22(20)28-17-27-21/h4,7,15-17,19H,3,5,8-14H2,1-2H3,(H,26,27,28). The minimum atomic E-state index is -0.295. The Kier molecular flexibility index (Phi) is 5.96. The average Bonchev–Trinajstić information content (AvgIpc) is 3.51. The maximum absolute atomic E-state index is 12.6. The number of carbonyl (C=O) groups is 1. The van der Waals surface area contributed by atoms with E-state index < -0.39 is 0 Å². The number of nitrogens with one attached hydrogen (secondary N) is 1. The summed E-state index contributed by atoms with van der Waals surface area (Å²) in [5.74, 6) is 0. The molecular formula is C24H31N9O. The molecule has 1 N–H and O–H groups in total. The summed E-state index contributed by atoms with van der Waals surface area (Å²) in [6, 6.07) is 4.88. The molecule has 0 radical (unpaired) electrons. The maximum Gasteiger partial charge on any atom is 0.319 e. The van der Waals surface area contributed by atoms with E-state index in [1.165, 1.54) is 0 Å². The SMILES string of the molecule is CCCN(C)C(=O)N1CCN(C2CC(CC#N)(n3cc(-c4ncnc5[nH]ccc45)cn3)C2)CC1. The van der Waals surface area contributed by atoms with E-state index in [4.69, 9.17) is 0 Å². The molecule has 2 fully saturated rings. The number of nitriles is 1. The molecule has 3 aromatic heterocycles. The van der Waals surface area contributed by atoms with E-state index in [9.17, 15) is 10.1 Å². The number of nitrogens with zero attached hydrogens (tertiary/aromatic N) is 8. The van der Waals surface area contributed by atoms with Gasteiger partial charge in [-0.2, -0.15) is 10.4 Å². The van der Waals surface area contributed by atoms with Gasteiger partial charge in [-0.3, -0.25) is 9.58 Å². The molecular weight excluding hydrogens is 430 g/mol. The minimum absolute atomic E-state index is 0.124. The Morgan fingerprint density at radius 3 is 2.82 bits per heavy atom. The van der Waals surface area contributed by atoms with Gasteiger partial charge in [-0.1, -0.05) is 6.92 Å². The summed E-state index contributed by atoms with van der Waals surface area (Å²) in [7, 11) is 1.88. The topological polar surface area (TPSA) is 110 Å². The van der Waals surface area contributed by atoms with E-state index in [2.05, 4.69) is 37.9 Å². The summed E-state index contributed by atoms with van der Waals surface area (Å²) in [6.45, 7) is 6.12. The number of fused-ring (bicyclic) bond motifs is 1. The molecule has 3 aromatic rings. The molecule has 34 heavy (non-hydrogen) atoms. The lowest BCUT2D eigenvalue weighted by atomic mass is 9.70. The number of H-pyrrole nitrogens is 1. The molecule has 0 atom stereocenters. The third-order valence-corrected chi connectivity index (χ3v) is 7.32. The number of urea groups is 1. The van der Waals surface area contributed by atoms with Crippen LogP contribution in [0, 0.1) is 11.3 Å². The van der Waals surface area contributed by atoms with Gasteiger partial charge in [0.05, 0.1) is 29.9 Å². The van der Waals surface area contributed by atoms with E-state index >= 15 is 0 Å². The number of carbonyl (C=O) groups excluding carboxylic acids is 1. The largest absolute Gasteiger partial charge is 0.346 e. The Hall–Kier alpha value is -3.45. The summed E-state index contributed by atoms with van der Waals surface area (Å²) >= 11 is 0. The molecule has 5 rings (SSSR count). The summed E-state index contributed by atoms with van der Waals surface area (Å²) in [4.78, 5) is 30.7. The first-order valence-corrected chi connectivity index (χ1v) is 12.0. The monoisotopic (exact) mass is 461 g/mol. The van der Waals surface area contributed by atoms with Gasteiger partial charge in [-0.25, -0.2) is 14.8 Å². The highest BCUT2D eigenvalue weighted by atomic mass is 16.2. The molecule has 1 aliphatic heterocycles. The second kappa shape index (κ2) is 9.06. The van der Waals surface area contributed by atoms with E-state index in [1.807, 2.05) is 46.2 Å². The first kappa shape index (κ1) is 22.3. The fourth-order valence-electron chi connectivity index (χ4n) is 5.39. The average molecular weight is 462 g/mol. The predicted molar refractivity (Wildman–Crippen MR) is 128 cm³/mol. The van der Waals surface area contributed by atoms with Crippen LogP contribution in [0.15, 0.2) is 31.0 Å². The highest BCUT2D eigenvalue weighted by Gasteiger charge is 2.49. The van der Waals surface area contributed by atoms with E-state index in [0.29, 0.717) is 12.5 Å². The van der Waals surface area contributed by atoms with Crippen LogP contribution in [0.5, 0.6) is 0 Å². The highest BCUT2D eigenvalue weighted by molar-refractivity contribution is 5.90. The number of piperazine rings is 1. The molecule has 0 unspecified atom stereocenters. The van der Waals surface area contributed by atoms with Gasteiger partial charge in [0.1, 0.15) is 12.0 Å². The van der Waals surface area contributed by atoms with Crippen molar-refractivity contribution in [3.63, 3.8) is 0 Å². The van der Waals surface area contributed by atoms with Crippen LogP contribution in [0.25, 0.3) is 22.3 Å². The molecule has 0 aromatic carbocycles. The molecule has 2 amide bonds. The third-order valence-electron chi connectivity index (χ3n) is 7.32. The molecule has 0 spiro atoms. The van der Waals surface area contributed by atoms with Crippen LogP contribution in [0.4, 0.5) is 4.79 Å². The molecule has 1 saturated carbocycles. The van der Waals surface area contributed by atoms with Crippen LogP contribution in [0.1, 0.15) is 32.6 Å². The van der Waals surface area contributed by atoms with Crippen LogP contribution in [0.2, 0.25) is 0 Å². The number of hydrogen-bond acceptors (Lipinski definition) is 6. The van der Waals surface area contributed by atoms with Gasteiger partial charge in [0.2, 0.25) is 0 Å². The predicted octanol–water partition coefficient (Wildman–Crippen LogP) is 2.67. The van der Waals surface area contributed by atoms with Crippen LogP contribution in [-0.2, 0) is 5.54 Å². The van der Waals surface area contributed by atoms with Crippen LogP contribution >= 0.6 is 0 Å². The lowest BCUT2D eigenvalue weighted by Gasteiger charge is -2.52. The van der Waals surface area contributed by atoms with Gasteiger partial charge < -0.3 is 14.8 Å². The van der Waals surface area contributed by atoms with Crippen molar-refractivity contribution >= 4 is 17.1 Å². The Bertz CT molecular complexity index is 1190. The van der Waals surface area contributed by atoms with E-state index in [0.717, 1.165) is 74.3 Å². The molecule has 1 saturated heterocycles. The Labute approximate surface area is 199 Å². The second-order valence-corrected chi connectivity index (χ2v) is 9.48. The normalized spacial score (nSPS) is 23.0. The summed E-state index contributed by atoms with van der Waals surface area (Å²) in [5.41, 5.74) is 2.27. The van der Waals surface area contributed by atoms with Gasteiger partial charge in [-0.15, -0.1) is 0 Å². The quantitative estimate of drug-likeness (QED) is 0.604. The van der Waals surface area contributed by atoms with Crippen molar-refractivity contribution in [2.45, 2.75) is 44.2 Å². The molecule has 4 heterocycles. The number of rotatable bonds is 6. The number of aromatic amines is 1.